The van der Waals surface area contributed by atoms with E-state index in [1.165, 1.54) is 24.3 Å². The molecule has 1 amide bonds. The highest BCUT2D eigenvalue weighted by Crippen LogP contribution is 2.32. The lowest BCUT2D eigenvalue weighted by Gasteiger charge is -2.25. The molecule has 0 unspecified atom stereocenters. The van der Waals surface area contributed by atoms with Gasteiger partial charge in [0.1, 0.15) is 0 Å². The summed E-state index contributed by atoms with van der Waals surface area (Å²) in [6.07, 6.45) is -5.93. The third-order valence-corrected chi connectivity index (χ3v) is 2.50. The van der Waals surface area contributed by atoms with Crippen LogP contribution in [0.15, 0.2) is 24.3 Å². The van der Waals surface area contributed by atoms with Gasteiger partial charge in [-0.2, -0.15) is 13.2 Å². The molecule has 2 N–H and O–H groups in total. The van der Waals surface area contributed by atoms with E-state index in [-0.39, 0.29) is 0 Å². The zero-order valence-electron chi connectivity index (χ0n) is 9.38. The average Bonchev–Trinajstić information content (AvgIpc) is 2.19. The van der Waals surface area contributed by atoms with E-state index in [0.717, 1.165) is 0 Å². The summed E-state index contributed by atoms with van der Waals surface area (Å²) in [5.41, 5.74) is -2.74. The number of rotatable bonds is 3. The molecule has 0 heterocycles. The van der Waals surface area contributed by atoms with E-state index in [2.05, 4.69) is 5.32 Å². The lowest BCUT2D eigenvalue weighted by molar-refractivity contribution is -0.252. The van der Waals surface area contributed by atoms with Crippen LogP contribution in [0.5, 0.6) is 0 Å². The molecule has 7 heteroatoms. The van der Waals surface area contributed by atoms with Crippen LogP contribution in [0.4, 0.5) is 18.9 Å². The molecule has 18 heavy (non-hydrogen) atoms. The number of hydrogen-bond donors (Lipinski definition) is 2. The SMILES string of the molecule is C[C@@](O)(CC(=O)Nc1ccc(Cl)cc1)C(F)(F)F. The van der Waals surface area contributed by atoms with Crippen molar-refractivity contribution in [1.82, 2.24) is 0 Å². The highest BCUT2D eigenvalue weighted by molar-refractivity contribution is 6.30. The van der Waals surface area contributed by atoms with Crippen molar-refractivity contribution in [3.8, 4) is 0 Å². The third-order valence-electron chi connectivity index (χ3n) is 2.24. The van der Waals surface area contributed by atoms with Gasteiger partial charge in [0.25, 0.3) is 0 Å². The second kappa shape index (κ2) is 5.16. The van der Waals surface area contributed by atoms with E-state index >= 15 is 0 Å². The Morgan fingerprint density at radius 3 is 2.28 bits per heavy atom. The zero-order valence-corrected chi connectivity index (χ0v) is 10.1. The largest absolute Gasteiger partial charge is 0.417 e. The maximum atomic E-state index is 12.3. The quantitative estimate of drug-likeness (QED) is 0.895. The Hall–Kier alpha value is -1.27. The number of benzene rings is 1. The number of carbonyl (C=O) groups is 1. The van der Waals surface area contributed by atoms with Gasteiger partial charge in [0, 0.05) is 10.7 Å². The van der Waals surface area contributed by atoms with Crippen LogP contribution < -0.4 is 5.32 Å². The first kappa shape index (κ1) is 14.8. The number of alkyl halides is 3. The lowest BCUT2D eigenvalue weighted by atomic mass is 10.0. The molecular formula is C11H11ClF3NO2. The Bertz CT molecular complexity index is 429. The molecule has 0 aromatic heterocycles. The van der Waals surface area contributed by atoms with Crippen LogP contribution in [0.2, 0.25) is 5.02 Å². The Morgan fingerprint density at radius 1 is 1.33 bits per heavy atom. The smallest absolute Gasteiger partial charge is 0.380 e. The molecule has 0 fully saturated rings. The van der Waals surface area contributed by atoms with Gasteiger partial charge in [-0.25, -0.2) is 0 Å². The maximum absolute atomic E-state index is 12.3. The van der Waals surface area contributed by atoms with Gasteiger partial charge in [0.2, 0.25) is 5.91 Å². The van der Waals surface area contributed by atoms with Crippen LogP contribution >= 0.6 is 11.6 Å². The van der Waals surface area contributed by atoms with Crippen molar-refractivity contribution in [2.75, 3.05) is 5.32 Å². The van der Waals surface area contributed by atoms with Gasteiger partial charge >= 0.3 is 6.18 Å². The summed E-state index contributed by atoms with van der Waals surface area (Å²) in [5.74, 6) is -0.931. The van der Waals surface area contributed by atoms with E-state index < -0.39 is 24.1 Å². The summed E-state index contributed by atoms with van der Waals surface area (Å²) in [6.45, 7) is 0.550. The summed E-state index contributed by atoms with van der Waals surface area (Å²) in [5, 5.41) is 11.8. The molecule has 0 saturated carbocycles. The van der Waals surface area contributed by atoms with Gasteiger partial charge in [-0.3, -0.25) is 4.79 Å². The average molecular weight is 282 g/mol. The molecule has 1 aromatic carbocycles. The predicted molar refractivity (Wildman–Crippen MR) is 61.4 cm³/mol. The minimum absolute atomic E-state index is 0.308. The standard InChI is InChI=1S/C11H11ClF3NO2/c1-10(18,11(13,14)15)6-9(17)16-8-4-2-7(12)3-5-8/h2-5,18H,6H2,1H3,(H,16,17)/t10-/m1/s1. The Balaban J connectivity index is 2.65. The molecule has 0 aliphatic heterocycles. The van der Waals surface area contributed by atoms with Crippen molar-refractivity contribution in [3.05, 3.63) is 29.3 Å². The molecule has 0 bridgehead atoms. The molecule has 100 valence electrons. The predicted octanol–water partition coefficient (Wildman–Crippen LogP) is 2.98. The minimum Gasteiger partial charge on any atom is -0.380 e. The second-order valence-corrected chi connectivity index (χ2v) is 4.44. The van der Waals surface area contributed by atoms with Crippen molar-refractivity contribution in [3.63, 3.8) is 0 Å². The Kier molecular flexibility index (Phi) is 4.24. The highest BCUT2D eigenvalue weighted by Gasteiger charge is 2.50. The van der Waals surface area contributed by atoms with Gasteiger partial charge in [-0.05, 0) is 31.2 Å². The lowest BCUT2D eigenvalue weighted by Crippen LogP contribution is -2.44. The summed E-state index contributed by atoms with van der Waals surface area (Å²) in [4.78, 5) is 11.4. The van der Waals surface area contributed by atoms with Crippen LogP contribution in [-0.4, -0.2) is 22.8 Å². The van der Waals surface area contributed by atoms with Crippen LogP contribution in [0.1, 0.15) is 13.3 Å². The normalized spacial score (nSPS) is 15.0. The fourth-order valence-corrected chi connectivity index (χ4v) is 1.28. The van der Waals surface area contributed by atoms with Crippen LogP contribution in [-0.2, 0) is 4.79 Å². The van der Waals surface area contributed by atoms with E-state index in [0.29, 0.717) is 17.6 Å². The number of hydrogen-bond acceptors (Lipinski definition) is 2. The van der Waals surface area contributed by atoms with Crippen molar-refractivity contribution >= 4 is 23.2 Å². The van der Waals surface area contributed by atoms with Crippen molar-refractivity contribution in [2.45, 2.75) is 25.1 Å². The van der Waals surface area contributed by atoms with Crippen molar-refractivity contribution < 1.29 is 23.1 Å². The highest BCUT2D eigenvalue weighted by atomic mass is 35.5. The first-order chi connectivity index (χ1) is 8.12. The van der Waals surface area contributed by atoms with E-state index in [1.807, 2.05) is 0 Å². The molecule has 0 spiro atoms. The summed E-state index contributed by atoms with van der Waals surface area (Å²) >= 11 is 5.61. The molecular weight excluding hydrogens is 271 g/mol. The van der Waals surface area contributed by atoms with E-state index in [9.17, 15) is 18.0 Å². The second-order valence-electron chi connectivity index (χ2n) is 4.00. The number of anilines is 1. The summed E-state index contributed by atoms with van der Waals surface area (Å²) < 4.78 is 37.0. The van der Waals surface area contributed by atoms with Gasteiger partial charge in [-0.15, -0.1) is 0 Å². The number of halogens is 4. The topological polar surface area (TPSA) is 49.3 Å². The molecule has 1 aromatic rings. The number of carbonyl (C=O) groups excluding carboxylic acids is 1. The number of amides is 1. The minimum atomic E-state index is -4.86. The molecule has 0 aliphatic carbocycles. The Morgan fingerprint density at radius 2 is 1.83 bits per heavy atom. The van der Waals surface area contributed by atoms with E-state index in [1.54, 1.807) is 0 Å². The van der Waals surface area contributed by atoms with Crippen molar-refractivity contribution in [2.24, 2.45) is 0 Å². The molecule has 3 nitrogen and oxygen atoms in total. The van der Waals surface area contributed by atoms with Crippen LogP contribution in [0.3, 0.4) is 0 Å². The van der Waals surface area contributed by atoms with Crippen molar-refractivity contribution in [1.29, 1.82) is 0 Å². The first-order valence-electron chi connectivity index (χ1n) is 4.96. The molecule has 0 saturated heterocycles. The molecule has 0 radical (unpaired) electrons. The van der Waals surface area contributed by atoms with Gasteiger partial charge < -0.3 is 10.4 Å². The molecule has 0 aliphatic rings. The number of nitrogens with one attached hydrogen (secondary N) is 1. The maximum Gasteiger partial charge on any atom is 0.417 e. The molecule has 1 atom stereocenters. The summed E-state index contributed by atoms with van der Waals surface area (Å²) in [6, 6.07) is 5.86. The fourth-order valence-electron chi connectivity index (χ4n) is 1.15. The zero-order chi connectivity index (χ0) is 14.0. The monoisotopic (exact) mass is 281 g/mol. The fraction of sp³-hybridized carbons (Fsp3) is 0.364. The Labute approximate surface area is 107 Å². The van der Waals surface area contributed by atoms with Gasteiger partial charge in [0.05, 0.1) is 6.42 Å². The molecule has 1 rings (SSSR count). The summed E-state index contributed by atoms with van der Waals surface area (Å²) in [7, 11) is 0. The number of aliphatic hydroxyl groups is 1. The first-order valence-corrected chi connectivity index (χ1v) is 5.34. The third kappa shape index (κ3) is 3.89. The van der Waals surface area contributed by atoms with Gasteiger partial charge in [0.15, 0.2) is 5.60 Å². The van der Waals surface area contributed by atoms with Crippen LogP contribution in [0.25, 0.3) is 0 Å². The van der Waals surface area contributed by atoms with Gasteiger partial charge in [-0.1, -0.05) is 11.6 Å². The van der Waals surface area contributed by atoms with Crippen LogP contribution in [0, 0.1) is 0 Å². The van der Waals surface area contributed by atoms with E-state index in [4.69, 9.17) is 16.7 Å².